The number of piperidine rings is 1. The van der Waals surface area contributed by atoms with Crippen molar-refractivity contribution < 1.29 is 14.3 Å². The molecule has 0 aromatic heterocycles. The van der Waals surface area contributed by atoms with Gasteiger partial charge in [0.15, 0.2) is 0 Å². The van der Waals surface area contributed by atoms with Gasteiger partial charge in [-0.3, -0.25) is 9.59 Å². The maximum atomic E-state index is 13.4. The van der Waals surface area contributed by atoms with Gasteiger partial charge in [0.25, 0.3) is 5.91 Å². The smallest absolute Gasteiger partial charge is 0.310 e. The molecule has 1 saturated heterocycles. The minimum atomic E-state index is -0.258. The molecule has 158 valence electrons. The second kappa shape index (κ2) is 11.2. The predicted octanol–water partition coefficient (Wildman–Crippen LogP) is 5.32. The van der Waals surface area contributed by atoms with Crippen molar-refractivity contribution >= 4 is 41.3 Å². The van der Waals surface area contributed by atoms with Crippen LogP contribution in [-0.4, -0.2) is 42.2 Å². The Kier molecular flexibility index (Phi) is 8.40. The van der Waals surface area contributed by atoms with Crippen molar-refractivity contribution in [2.75, 3.05) is 25.4 Å². The first-order valence-electron chi connectivity index (χ1n) is 10.2. The highest BCUT2D eigenvalue weighted by molar-refractivity contribution is 7.99. The van der Waals surface area contributed by atoms with E-state index in [1.807, 2.05) is 60.7 Å². The SMILES string of the molecule is CCOC(=O)[C@@H]1CCCN(C(=O)/C(=C/c2ccccc2Cl)CSc2ccccc2)C1. The van der Waals surface area contributed by atoms with Crippen LogP contribution in [0.15, 0.2) is 65.1 Å². The first kappa shape index (κ1) is 22.4. The highest BCUT2D eigenvalue weighted by atomic mass is 35.5. The molecule has 3 rings (SSSR count). The highest BCUT2D eigenvalue weighted by Crippen LogP contribution is 2.27. The molecule has 1 atom stereocenters. The van der Waals surface area contributed by atoms with Crippen molar-refractivity contribution in [2.45, 2.75) is 24.7 Å². The molecule has 6 heteroatoms. The van der Waals surface area contributed by atoms with E-state index in [0.717, 1.165) is 23.3 Å². The third-order valence-electron chi connectivity index (χ3n) is 4.98. The number of halogens is 1. The lowest BCUT2D eigenvalue weighted by atomic mass is 9.97. The van der Waals surface area contributed by atoms with Crippen LogP contribution < -0.4 is 0 Å². The minimum Gasteiger partial charge on any atom is -0.466 e. The number of amides is 1. The summed E-state index contributed by atoms with van der Waals surface area (Å²) in [6.07, 6.45) is 3.42. The summed E-state index contributed by atoms with van der Waals surface area (Å²) in [6.45, 7) is 3.20. The summed E-state index contributed by atoms with van der Waals surface area (Å²) < 4.78 is 5.17. The van der Waals surface area contributed by atoms with Gasteiger partial charge in [-0.1, -0.05) is 48.0 Å². The Hall–Kier alpha value is -2.24. The molecule has 30 heavy (non-hydrogen) atoms. The fourth-order valence-electron chi connectivity index (χ4n) is 3.44. The van der Waals surface area contributed by atoms with Crippen LogP contribution in [0.4, 0.5) is 0 Å². The molecule has 2 aromatic carbocycles. The molecule has 0 spiro atoms. The lowest BCUT2D eigenvalue weighted by Crippen LogP contribution is -2.43. The fraction of sp³-hybridized carbons (Fsp3) is 0.333. The Balaban J connectivity index is 1.80. The van der Waals surface area contributed by atoms with E-state index in [1.54, 1.807) is 23.6 Å². The van der Waals surface area contributed by atoms with Crippen LogP contribution in [0.2, 0.25) is 5.02 Å². The molecule has 0 unspecified atom stereocenters. The van der Waals surface area contributed by atoms with Gasteiger partial charge in [0.1, 0.15) is 0 Å². The number of carbonyl (C=O) groups excluding carboxylic acids is 2. The Morgan fingerprint density at radius 2 is 1.90 bits per heavy atom. The molecule has 0 bridgehead atoms. The standard InChI is InChI=1S/C24H26ClNO3S/c1-2-29-24(28)19-10-8-14-26(16-19)23(27)20(15-18-9-6-7-13-22(18)25)17-30-21-11-4-3-5-12-21/h3-7,9,11-13,15,19H,2,8,10,14,16-17H2,1H3/b20-15+/t19-/m1/s1. The summed E-state index contributed by atoms with van der Waals surface area (Å²) in [4.78, 5) is 28.5. The molecule has 1 amide bonds. The Morgan fingerprint density at radius 3 is 2.63 bits per heavy atom. The van der Waals surface area contributed by atoms with Crippen LogP contribution in [-0.2, 0) is 14.3 Å². The summed E-state index contributed by atoms with van der Waals surface area (Å²) in [5.74, 6) is -0.00195. The van der Waals surface area contributed by atoms with Gasteiger partial charge in [0.05, 0.1) is 12.5 Å². The number of hydrogen-bond acceptors (Lipinski definition) is 4. The van der Waals surface area contributed by atoms with Gasteiger partial charge in [-0.05, 0) is 49.6 Å². The number of thioether (sulfide) groups is 1. The number of likely N-dealkylation sites (tertiary alicyclic amines) is 1. The fourth-order valence-corrected chi connectivity index (χ4v) is 4.51. The van der Waals surface area contributed by atoms with Crippen molar-refractivity contribution in [2.24, 2.45) is 5.92 Å². The lowest BCUT2D eigenvalue weighted by Gasteiger charge is -2.32. The normalized spacial score (nSPS) is 16.9. The van der Waals surface area contributed by atoms with Gasteiger partial charge >= 0.3 is 5.97 Å². The largest absolute Gasteiger partial charge is 0.466 e. The predicted molar refractivity (Wildman–Crippen MR) is 123 cm³/mol. The van der Waals surface area contributed by atoms with Crippen molar-refractivity contribution in [3.8, 4) is 0 Å². The molecular weight excluding hydrogens is 418 g/mol. The maximum absolute atomic E-state index is 13.4. The van der Waals surface area contributed by atoms with Crippen LogP contribution in [0.25, 0.3) is 6.08 Å². The van der Waals surface area contributed by atoms with E-state index >= 15 is 0 Å². The molecule has 4 nitrogen and oxygen atoms in total. The summed E-state index contributed by atoms with van der Waals surface area (Å²) in [5, 5.41) is 0.607. The van der Waals surface area contributed by atoms with Crippen molar-refractivity contribution in [3.05, 3.63) is 70.8 Å². The van der Waals surface area contributed by atoms with Gasteiger partial charge < -0.3 is 9.64 Å². The molecule has 1 aliphatic rings. The van der Waals surface area contributed by atoms with Crippen LogP contribution in [0.3, 0.4) is 0 Å². The average molecular weight is 444 g/mol. The molecule has 2 aromatic rings. The van der Waals surface area contributed by atoms with E-state index in [-0.39, 0.29) is 17.8 Å². The number of benzene rings is 2. The topological polar surface area (TPSA) is 46.6 Å². The zero-order valence-electron chi connectivity index (χ0n) is 17.1. The molecule has 0 N–H and O–H groups in total. The monoisotopic (exact) mass is 443 g/mol. The number of nitrogens with zero attached hydrogens (tertiary/aromatic N) is 1. The van der Waals surface area contributed by atoms with Crippen LogP contribution in [0, 0.1) is 5.92 Å². The van der Waals surface area contributed by atoms with E-state index in [0.29, 0.717) is 36.0 Å². The highest BCUT2D eigenvalue weighted by Gasteiger charge is 2.30. The molecule has 1 aliphatic heterocycles. The van der Waals surface area contributed by atoms with Gasteiger partial charge in [0.2, 0.25) is 0 Å². The van der Waals surface area contributed by atoms with Crippen LogP contribution in [0.5, 0.6) is 0 Å². The molecule has 0 saturated carbocycles. The quantitative estimate of drug-likeness (QED) is 0.330. The molecule has 1 fully saturated rings. The average Bonchev–Trinajstić information content (AvgIpc) is 2.78. The first-order valence-corrected chi connectivity index (χ1v) is 11.5. The van der Waals surface area contributed by atoms with E-state index in [1.165, 1.54) is 0 Å². The molecular formula is C24H26ClNO3S. The van der Waals surface area contributed by atoms with Crippen molar-refractivity contribution in [1.82, 2.24) is 4.90 Å². The zero-order chi connectivity index (χ0) is 21.3. The second-order valence-electron chi connectivity index (χ2n) is 7.14. The van der Waals surface area contributed by atoms with E-state index < -0.39 is 0 Å². The number of esters is 1. The van der Waals surface area contributed by atoms with Crippen LogP contribution >= 0.6 is 23.4 Å². The van der Waals surface area contributed by atoms with Gasteiger partial charge in [-0.15, -0.1) is 11.8 Å². The van der Waals surface area contributed by atoms with Gasteiger partial charge in [-0.25, -0.2) is 0 Å². The maximum Gasteiger partial charge on any atom is 0.310 e. The first-order chi connectivity index (χ1) is 14.6. The van der Waals surface area contributed by atoms with Crippen molar-refractivity contribution in [1.29, 1.82) is 0 Å². The Morgan fingerprint density at radius 1 is 1.17 bits per heavy atom. The zero-order valence-corrected chi connectivity index (χ0v) is 18.6. The lowest BCUT2D eigenvalue weighted by molar-refractivity contribution is -0.150. The summed E-state index contributed by atoms with van der Waals surface area (Å²) in [7, 11) is 0. The second-order valence-corrected chi connectivity index (χ2v) is 8.59. The summed E-state index contributed by atoms with van der Waals surface area (Å²) >= 11 is 7.95. The number of ether oxygens (including phenoxy) is 1. The van der Waals surface area contributed by atoms with E-state index in [2.05, 4.69) is 0 Å². The Labute approximate surface area is 187 Å². The number of carbonyl (C=O) groups is 2. The molecule has 1 heterocycles. The molecule has 0 aliphatic carbocycles. The van der Waals surface area contributed by atoms with Gasteiger partial charge in [0, 0.05) is 34.3 Å². The van der Waals surface area contributed by atoms with E-state index in [4.69, 9.17) is 16.3 Å². The Bertz CT molecular complexity index is 900. The minimum absolute atomic E-state index is 0.0488. The third kappa shape index (κ3) is 6.13. The van der Waals surface area contributed by atoms with Crippen LogP contribution in [0.1, 0.15) is 25.3 Å². The summed E-state index contributed by atoms with van der Waals surface area (Å²) in [6, 6.07) is 17.5. The van der Waals surface area contributed by atoms with E-state index in [9.17, 15) is 9.59 Å². The molecule has 0 radical (unpaired) electrons. The summed E-state index contributed by atoms with van der Waals surface area (Å²) in [5.41, 5.74) is 1.48. The third-order valence-corrected chi connectivity index (χ3v) is 6.38. The number of hydrogen-bond donors (Lipinski definition) is 0. The van der Waals surface area contributed by atoms with Crippen molar-refractivity contribution in [3.63, 3.8) is 0 Å². The number of rotatable bonds is 7. The van der Waals surface area contributed by atoms with Gasteiger partial charge in [-0.2, -0.15) is 0 Å².